The lowest BCUT2D eigenvalue weighted by Crippen LogP contribution is -2.17. The van der Waals surface area contributed by atoms with Crippen molar-refractivity contribution in [3.8, 4) is 17.2 Å². The van der Waals surface area contributed by atoms with Crippen LogP contribution < -0.4 is 14.2 Å². The van der Waals surface area contributed by atoms with Gasteiger partial charge in [0.1, 0.15) is 12.4 Å². The number of alkyl halides is 3. The number of halogens is 3. The average molecular weight is 298 g/mol. The van der Waals surface area contributed by atoms with Crippen LogP contribution >= 0.6 is 0 Å². The molecule has 0 unspecified atom stereocenters. The molecule has 6 heteroatoms. The highest BCUT2D eigenvalue weighted by Gasteiger charge is 2.30. The van der Waals surface area contributed by atoms with Crippen LogP contribution in [0.1, 0.15) is 5.56 Å². The molecule has 0 spiro atoms. The van der Waals surface area contributed by atoms with E-state index in [4.69, 9.17) is 9.47 Å². The largest absolute Gasteiger partial charge is 0.573 e. The summed E-state index contributed by atoms with van der Waals surface area (Å²) in [6, 6.07) is 12.6. The first-order valence-corrected chi connectivity index (χ1v) is 6.08. The minimum absolute atomic E-state index is 0.215. The lowest BCUT2D eigenvalue weighted by atomic mass is 10.2. The molecular formula is C15H13F3O3. The van der Waals surface area contributed by atoms with Crippen molar-refractivity contribution in [2.75, 3.05) is 7.11 Å². The van der Waals surface area contributed by atoms with Gasteiger partial charge in [-0.25, -0.2) is 0 Å². The zero-order valence-corrected chi connectivity index (χ0v) is 11.2. The van der Waals surface area contributed by atoms with Gasteiger partial charge < -0.3 is 14.2 Å². The van der Waals surface area contributed by atoms with E-state index in [1.54, 1.807) is 18.2 Å². The van der Waals surface area contributed by atoms with Crippen molar-refractivity contribution in [1.82, 2.24) is 0 Å². The minimum atomic E-state index is -4.69. The Morgan fingerprint density at radius 2 is 1.52 bits per heavy atom. The van der Waals surface area contributed by atoms with Gasteiger partial charge >= 0.3 is 6.36 Å². The quantitative estimate of drug-likeness (QED) is 0.829. The molecule has 2 aromatic rings. The van der Waals surface area contributed by atoms with Crippen LogP contribution in [0.25, 0.3) is 0 Å². The van der Waals surface area contributed by atoms with E-state index in [0.717, 1.165) is 5.56 Å². The molecule has 0 radical (unpaired) electrons. The van der Waals surface area contributed by atoms with Gasteiger partial charge in [0.05, 0.1) is 7.11 Å². The maximum Gasteiger partial charge on any atom is 0.573 e. The van der Waals surface area contributed by atoms with Crippen LogP contribution in [0.15, 0.2) is 48.5 Å². The molecule has 3 nitrogen and oxygen atoms in total. The average Bonchev–Trinajstić information content (AvgIpc) is 2.45. The van der Waals surface area contributed by atoms with Crippen LogP contribution in [0.3, 0.4) is 0 Å². The molecule has 0 aliphatic heterocycles. The first-order valence-electron chi connectivity index (χ1n) is 6.08. The summed E-state index contributed by atoms with van der Waals surface area (Å²) in [5.74, 6) is 0.897. The SMILES string of the molecule is COc1ccccc1OCc1ccc(OC(F)(F)F)cc1. The summed E-state index contributed by atoms with van der Waals surface area (Å²) in [6.07, 6.45) is -4.69. The standard InChI is InChI=1S/C15H13F3O3/c1-19-13-4-2-3-5-14(13)20-10-11-6-8-12(9-7-11)21-15(16,17)18/h2-9H,10H2,1H3. The molecule has 2 rings (SSSR count). The fraction of sp³-hybridized carbons (Fsp3) is 0.200. The van der Waals surface area contributed by atoms with Crippen molar-refractivity contribution in [2.24, 2.45) is 0 Å². The molecular weight excluding hydrogens is 285 g/mol. The smallest absolute Gasteiger partial charge is 0.493 e. The Bertz CT molecular complexity index is 579. The molecule has 2 aromatic carbocycles. The van der Waals surface area contributed by atoms with Gasteiger partial charge in [0.15, 0.2) is 11.5 Å². The number of para-hydroxylation sites is 2. The first-order chi connectivity index (χ1) is 9.98. The van der Waals surface area contributed by atoms with Gasteiger partial charge in [-0.2, -0.15) is 0 Å². The Kier molecular flexibility index (Phi) is 4.57. The normalized spacial score (nSPS) is 11.0. The Morgan fingerprint density at radius 1 is 0.905 bits per heavy atom. The predicted molar refractivity (Wildman–Crippen MR) is 70.5 cm³/mol. The lowest BCUT2D eigenvalue weighted by Gasteiger charge is -2.11. The fourth-order valence-electron chi connectivity index (χ4n) is 1.69. The van der Waals surface area contributed by atoms with E-state index in [1.807, 2.05) is 6.07 Å². The number of hydrogen-bond donors (Lipinski definition) is 0. The molecule has 0 atom stereocenters. The van der Waals surface area contributed by atoms with Gasteiger partial charge in [0, 0.05) is 0 Å². The highest BCUT2D eigenvalue weighted by Crippen LogP contribution is 2.27. The summed E-state index contributed by atoms with van der Waals surface area (Å²) in [4.78, 5) is 0. The van der Waals surface area contributed by atoms with E-state index in [-0.39, 0.29) is 12.4 Å². The summed E-state index contributed by atoms with van der Waals surface area (Å²) in [5.41, 5.74) is 0.718. The van der Waals surface area contributed by atoms with E-state index in [1.165, 1.54) is 31.4 Å². The molecule has 0 bridgehead atoms. The highest BCUT2D eigenvalue weighted by atomic mass is 19.4. The molecule has 112 valence electrons. The topological polar surface area (TPSA) is 27.7 Å². The zero-order chi connectivity index (χ0) is 15.3. The van der Waals surface area contributed by atoms with Gasteiger partial charge in [-0.1, -0.05) is 24.3 Å². The second-order valence-electron chi connectivity index (χ2n) is 4.13. The summed E-state index contributed by atoms with van der Waals surface area (Å²) < 4.78 is 50.6. The number of methoxy groups -OCH3 is 1. The second-order valence-corrected chi connectivity index (χ2v) is 4.13. The second kappa shape index (κ2) is 6.39. The van der Waals surface area contributed by atoms with Crippen molar-refractivity contribution in [2.45, 2.75) is 13.0 Å². The van der Waals surface area contributed by atoms with Gasteiger partial charge in [-0.05, 0) is 29.8 Å². The number of rotatable bonds is 5. The molecule has 21 heavy (non-hydrogen) atoms. The number of ether oxygens (including phenoxy) is 3. The summed E-state index contributed by atoms with van der Waals surface area (Å²) in [7, 11) is 1.53. The third-order valence-corrected chi connectivity index (χ3v) is 2.62. The lowest BCUT2D eigenvalue weighted by molar-refractivity contribution is -0.274. The molecule has 0 N–H and O–H groups in total. The van der Waals surface area contributed by atoms with Crippen molar-refractivity contribution in [3.05, 3.63) is 54.1 Å². The molecule has 0 aliphatic rings. The van der Waals surface area contributed by atoms with Gasteiger partial charge in [0.25, 0.3) is 0 Å². The van der Waals surface area contributed by atoms with Crippen molar-refractivity contribution in [3.63, 3.8) is 0 Å². The zero-order valence-electron chi connectivity index (χ0n) is 11.2. The molecule has 0 heterocycles. The maximum absolute atomic E-state index is 12.0. The molecule has 0 saturated heterocycles. The summed E-state index contributed by atoms with van der Waals surface area (Å²) in [6.45, 7) is 0.215. The van der Waals surface area contributed by atoms with E-state index >= 15 is 0 Å². The summed E-state index contributed by atoms with van der Waals surface area (Å²) >= 11 is 0. The molecule has 0 aliphatic carbocycles. The van der Waals surface area contributed by atoms with Crippen molar-refractivity contribution in [1.29, 1.82) is 0 Å². The molecule has 0 saturated carbocycles. The predicted octanol–water partition coefficient (Wildman–Crippen LogP) is 4.17. The Morgan fingerprint density at radius 3 is 2.10 bits per heavy atom. The van der Waals surface area contributed by atoms with Crippen LogP contribution in [0, 0.1) is 0 Å². The molecule has 0 fully saturated rings. The fourth-order valence-corrected chi connectivity index (χ4v) is 1.69. The van der Waals surface area contributed by atoms with E-state index < -0.39 is 6.36 Å². The summed E-state index contributed by atoms with van der Waals surface area (Å²) in [5, 5.41) is 0. The molecule has 0 amide bonds. The maximum atomic E-state index is 12.0. The van der Waals surface area contributed by atoms with Crippen molar-refractivity contribution < 1.29 is 27.4 Å². The Hall–Kier alpha value is -2.37. The van der Waals surface area contributed by atoms with Gasteiger partial charge in [0.2, 0.25) is 0 Å². The minimum Gasteiger partial charge on any atom is -0.493 e. The Balaban J connectivity index is 1.98. The van der Waals surface area contributed by atoms with Gasteiger partial charge in [-0.3, -0.25) is 0 Å². The van der Waals surface area contributed by atoms with Crippen LogP contribution in [-0.2, 0) is 6.61 Å². The first kappa shape index (κ1) is 15.0. The van der Waals surface area contributed by atoms with Crippen LogP contribution in [0.5, 0.6) is 17.2 Å². The highest BCUT2D eigenvalue weighted by molar-refractivity contribution is 5.39. The van der Waals surface area contributed by atoms with Crippen LogP contribution in [-0.4, -0.2) is 13.5 Å². The monoisotopic (exact) mass is 298 g/mol. The molecule has 0 aromatic heterocycles. The third-order valence-electron chi connectivity index (χ3n) is 2.62. The third kappa shape index (κ3) is 4.59. The Labute approximate surface area is 119 Å². The number of hydrogen-bond acceptors (Lipinski definition) is 3. The van der Waals surface area contributed by atoms with Crippen molar-refractivity contribution >= 4 is 0 Å². The van der Waals surface area contributed by atoms with Crippen LogP contribution in [0.2, 0.25) is 0 Å². The van der Waals surface area contributed by atoms with E-state index in [9.17, 15) is 13.2 Å². The van der Waals surface area contributed by atoms with E-state index in [2.05, 4.69) is 4.74 Å². The van der Waals surface area contributed by atoms with Crippen LogP contribution in [0.4, 0.5) is 13.2 Å². The van der Waals surface area contributed by atoms with Gasteiger partial charge in [-0.15, -0.1) is 13.2 Å². The van der Waals surface area contributed by atoms with E-state index in [0.29, 0.717) is 11.5 Å². The number of benzene rings is 2.